The van der Waals surface area contributed by atoms with Gasteiger partial charge >= 0.3 is 0 Å². The molecule has 1 atom stereocenters. The van der Waals surface area contributed by atoms with Gasteiger partial charge in [0, 0.05) is 12.3 Å². The average molecular weight is 376 g/mol. The normalized spacial score (nSPS) is 12.3. The molecule has 1 N–H and O–H groups in total. The number of aryl methyl sites for hydroxylation is 1. The minimum atomic E-state index is -0.572. The van der Waals surface area contributed by atoms with Crippen molar-refractivity contribution < 1.29 is 9.84 Å². The van der Waals surface area contributed by atoms with Crippen LogP contribution in [0, 0.1) is 6.92 Å². The number of nitrogens with zero attached hydrogens (tertiary/aromatic N) is 3. The molecule has 0 unspecified atom stereocenters. The smallest absolute Gasteiger partial charge is 0.191 e. The summed E-state index contributed by atoms with van der Waals surface area (Å²) in [7, 11) is 0. The van der Waals surface area contributed by atoms with Crippen molar-refractivity contribution in [1.82, 2.24) is 14.8 Å². The molecular weight excluding hydrogens is 354 g/mol. The largest absolute Gasteiger partial charge is 0.491 e. The van der Waals surface area contributed by atoms with Gasteiger partial charge in [0.05, 0.1) is 11.0 Å². The minimum absolute atomic E-state index is 0.260. The Morgan fingerprint density at radius 3 is 2.80 bits per heavy atom. The second kappa shape index (κ2) is 8.51. The molecular formula is C18H21N3O2S2. The third kappa shape index (κ3) is 4.42. The van der Waals surface area contributed by atoms with Gasteiger partial charge in [-0.05, 0) is 36.9 Å². The summed E-state index contributed by atoms with van der Waals surface area (Å²) < 4.78 is 7.78. The molecule has 132 valence electrons. The van der Waals surface area contributed by atoms with Crippen LogP contribution < -0.4 is 4.74 Å². The van der Waals surface area contributed by atoms with E-state index >= 15 is 0 Å². The lowest BCUT2D eigenvalue weighted by Crippen LogP contribution is -2.20. The SMILES string of the molecule is CCn1c(SC[C@@H](O)COc2ccccc2C)nnc1-c1cccs1. The molecule has 0 fully saturated rings. The number of para-hydroxylation sites is 1. The van der Waals surface area contributed by atoms with Gasteiger partial charge in [-0.1, -0.05) is 36.0 Å². The Morgan fingerprint density at radius 1 is 1.24 bits per heavy atom. The number of thioether (sulfide) groups is 1. The highest BCUT2D eigenvalue weighted by Crippen LogP contribution is 2.27. The van der Waals surface area contributed by atoms with Crippen LogP contribution in [0.5, 0.6) is 5.75 Å². The van der Waals surface area contributed by atoms with Gasteiger partial charge < -0.3 is 14.4 Å². The summed E-state index contributed by atoms with van der Waals surface area (Å²) >= 11 is 3.15. The van der Waals surface area contributed by atoms with E-state index in [1.807, 2.05) is 48.7 Å². The molecule has 0 spiro atoms. The zero-order valence-electron chi connectivity index (χ0n) is 14.3. The maximum absolute atomic E-state index is 10.2. The number of benzene rings is 1. The van der Waals surface area contributed by atoms with E-state index in [0.717, 1.165) is 33.7 Å². The van der Waals surface area contributed by atoms with E-state index in [-0.39, 0.29) is 6.61 Å². The van der Waals surface area contributed by atoms with E-state index in [2.05, 4.69) is 21.7 Å². The number of aliphatic hydroxyl groups excluding tert-OH is 1. The fourth-order valence-corrected chi connectivity index (χ4v) is 4.02. The van der Waals surface area contributed by atoms with Crippen LogP contribution in [0.4, 0.5) is 0 Å². The van der Waals surface area contributed by atoms with Gasteiger partial charge in [-0.25, -0.2) is 0 Å². The zero-order valence-corrected chi connectivity index (χ0v) is 15.9. The first-order chi connectivity index (χ1) is 12.2. The topological polar surface area (TPSA) is 60.2 Å². The first kappa shape index (κ1) is 18.0. The van der Waals surface area contributed by atoms with E-state index in [1.165, 1.54) is 11.8 Å². The Morgan fingerprint density at radius 2 is 2.08 bits per heavy atom. The van der Waals surface area contributed by atoms with Crippen molar-refractivity contribution in [2.45, 2.75) is 31.7 Å². The third-order valence-corrected chi connectivity index (χ3v) is 5.68. The third-order valence-electron chi connectivity index (χ3n) is 3.70. The van der Waals surface area contributed by atoms with Crippen molar-refractivity contribution in [2.75, 3.05) is 12.4 Å². The summed E-state index contributed by atoms with van der Waals surface area (Å²) in [4.78, 5) is 1.10. The maximum atomic E-state index is 10.2. The summed E-state index contributed by atoms with van der Waals surface area (Å²) in [6.07, 6.45) is -0.572. The number of hydrogen-bond acceptors (Lipinski definition) is 6. The van der Waals surface area contributed by atoms with Crippen molar-refractivity contribution >= 4 is 23.1 Å². The Balaban J connectivity index is 1.57. The average Bonchev–Trinajstić information content (AvgIpc) is 3.28. The number of aliphatic hydroxyl groups is 1. The first-order valence-corrected chi connectivity index (χ1v) is 10.0. The first-order valence-electron chi connectivity index (χ1n) is 8.15. The predicted octanol–water partition coefficient (Wildman–Crippen LogP) is 3.87. The van der Waals surface area contributed by atoms with Crippen molar-refractivity contribution in [2.24, 2.45) is 0 Å². The molecule has 7 heteroatoms. The van der Waals surface area contributed by atoms with E-state index in [9.17, 15) is 5.11 Å². The molecule has 0 aliphatic rings. The molecule has 25 heavy (non-hydrogen) atoms. The van der Waals surface area contributed by atoms with Gasteiger partial charge in [0.2, 0.25) is 0 Å². The number of rotatable bonds is 8. The molecule has 0 radical (unpaired) electrons. The molecule has 0 bridgehead atoms. The fraction of sp³-hybridized carbons (Fsp3) is 0.333. The quantitative estimate of drug-likeness (QED) is 0.606. The van der Waals surface area contributed by atoms with Gasteiger partial charge in [-0.2, -0.15) is 0 Å². The van der Waals surface area contributed by atoms with Crippen molar-refractivity contribution in [3.8, 4) is 16.5 Å². The van der Waals surface area contributed by atoms with Crippen LogP contribution in [0.3, 0.4) is 0 Å². The second-order valence-corrected chi connectivity index (χ2v) is 7.50. The van der Waals surface area contributed by atoms with Crippen LogP contribution in [0.1, 0.15) is 12.5 Å². The molecule has 3 rings (SSSR count). The Kier molecular flexibility index (Phi) is 6.12. The molecule has 5 nitrogen and oxygen atoms in total. The molecule has 0 saturated carbocycles. The summed E-state index contributed by atoms with van der Waals surface area (Å²) in [5.74, 6) is 2.20. The van der Waals surface area contributed by atoms with Crippen molar-refractivity contribution in [3.63, 3.8) is 0 Å². The number of ether oxygens (including phenoxy) is 1. The van der Waals surface area contributed by atoms with E-state index in [4.69, 9.17) is 4.74 Å². The van der Waals surface area contributed by atoms with Crippen LogP contribution in [0.15, 0.2) is 46.9 Å². The van der Waals surface area contributed by atoms with Gasteiger partial charge in [0.15, 0.2) is 11.0 Å². The lowest BCUT2D eigenvalue weighted by molar-refractivity contribution is 0.126. The Bertz CT molecular complexity index is 803. The fourth-order valence-electron chi connectivity index (χ4n) is 2.39. The molecule has 0 amide bonds. The summed E-state index contributed by atoms with van der Waals surface area (Å²) in [6.45, 7) is 5.11. The Hall–Kier alpha value is -1.83. The van der Waals surface area contributed by atoms with Gasteiger partial charge in [-0.15, -0.1) is 21.5 Å². The van der Waals surface area contributed by atoms with Crippen LogP contribution >= 0.6 is 23.1 Å². The highest BCUT2D eigenvalue weighted by atomic mass is 32.2. The van der Waals surface area contributed by atoms with Gasteiger partial charge in [0.25, 0.3) is 0 Å². The highest BCUT2D eigenvalue weighted by Gasteiger charge is 2.15. The van der Waals surface area contributed by atoms with Crippen LogP contribution in [0.25, 0.3) is 10.7 Å². The highest BCUT2D eigenvalue weighted by molar-refractivity contribution is 7.99. The van der Waals surface area contributed by atoms with Gasteiger partial charge in [-0.3, -0.25) is 0 Å². The molecule has 0 aliphatic heterocycles. The monoisotopic (exact) mass is 375 g/mol. The standard InChI is InChI=1S/C18H21N3O2S2/c1-3-21-17(16-9-6-10-24-16)19-20-18(21)25-12-14(22)11-23-15-8-5-4-7-13(15)2/h4-10,14,22H,3,11-12H2,1-2H3/t14-/m0/s1. The minimum Gasteiger partial charge on any atom is -0.491 e. The van der Waals surface area contributed by atoms with Crippen LogP contribution in [0.2, 0.25) is 0 Å². The molecule has 0 aliphatic carbocycles. The summed E-state index contributed by atoms with van der Waals surface area (Å²) in [5, 5.41) is 21.6. The molecule has 3 aromatic rings. The van der Waals surface area contributed by atoms with Crippen LogP contribution in [-0.4, -0.2) is 38.3 Å². The number of hydrogen-bond donors (Lipinski definition) is 1. The van der Waals surface area contributed by atoms with Gasteiger partial charge in [0.1, 0.15) is 12.4 Å². The summed E-state index contributed by atoms with van der Waals surface area (Å²) in [6, 6.07) is 11.9. The molecule has 2 heterocycles. The van der Waals surface area contributed by atoms with E-state index < -0.39 is 6.10 Å². The predicted molar refractivity (Wildman–Crippen MR) is 102 cm³/mol. The van der Waals surface area contributed by atoms with Crippen LogP contribution in [-0.2, 0) is 6.54 Å². The Labute approximate surface area is 155 Å². The maximum Gasteiger partial charge on any atom is 0.191 e. The van der Waals surface area contributed by atoms with E-state index in [0.29, 0.717) is 5.75 Å². The lowest BCUT2D eigenvalue weighted by atomic mass is 10.2. The van der Waals surface area contributed by atoms with E-state index in [1.54, 1.807) is 11.3 Å². The number of thiophene rings is 1. The second-order valence-electron chi connectivity index (χ2n) is 5.57. The van der Waals surface area contributed by atoms with Crippen molar-refractivity contribution in [1.29, 1.82) is 0 Å². The summed E-state index contributed by atoms with van der Waals surface area (Å²) in [5.41, 5.74) is 1.06. The number of aromatic nitrogens is 3. The molecule has 0 saturated heterocycles. The zero-order chi connectivity index (χ0) is 17.6. The molecule has 1 aromatic carbocycles. The van der Waals surface area contributed by atoms with Crippen molar-refractivity contribution in [3.05, 3.63) is 47.3 Å². The lowest BCUT2D eigenvalue weighted by Gasteiger charge is -2.13. The molecule has 2 aromatic heterocycles.